The van der Waals surface area contributed by atoms with Crippen LogP contribution in [0.25, 0.3) is 0 Å². The number of rotatable bonds is 7. The highest BCUT2D eigenvalue weighted by molar-refractivity contribution is 6.32. The van der Waals surface area contributed by atoms with E-state index in [0.717, 1.165) is 28.4 Å². The molecule has 0 aliphatic carbocycles. The third kappa shape index (κ3) is 4.98. The van der Waals surface area contributed by atoms with Crippen molar-refractivity contribution in [2.45, 2.75) is 45.6 Å². The molecule has 0 aliphatic rings. The molecule has 0 fully saturated rings. The van der Waals surface area contributed by atoms with Crippen LogP contribution in [0.3, 0.4) is 0 Å². The second-order valence-electron chi connectivity index (χ2n) is 8.15. The minimum Gasteiger partial charge on any atom is -0.494 e. The molecule has 31 heavy (non-hydrogen) atoms. The zero-order chi connectivity index (χ0) is 22.6. The van der Waals surface area contributed by atoms with Crippen molar-refractivity contribution in [3.05, 3.63) is 81.9 Å². The molecular formula is C25H26ClN3O2. The standard InChI is InChI=1S/C25H26ClN3O2/c1-16(2)24-28-11-10-20(29-24)15-31-21-8-6-18(7-9-21)25(3,4)19-12-17(14-27)23(30-5)22(26)13-19/h6-13,16H,15H2,1-5H3. The summed E-state index contributed by atoms with van der Waals surface area (Å²) in [6, 6.07) is 15.7. The Labute approximate surface area is 188 Å². The number of hydrogen-bond donors (Lipinski definition) is 0. The number of methoxy groups -OCH3 is 1. The van der Waals surface area contributed by atoms with E-state index in [1.54, 1.807) is 6.20 Å². The molecule has 0 N–H and O–H groups in total. The quantitative estimate of drug-likeness (QED) is 0.452. The minimum absolute atomic E-state index is 0.273. The summed E-state index contributed by atoms with van der Waals surface area (Å²) in [5.74, 6) is 2.25. The Morgan fingerprint density at radius 3 is 2.42 bits per heavy atom. The van der Waals surface area contributed by atoms with Crippen molar-refractivity contribution in [3.63, 3.8) is 0 Å². The van der Waals surface area contributed by atoms with Crippen LogP contribution in [0.5, 0.6) is 11.5 Å². The Kier molecular flexibility index (Phi) is 6.82. The van der Waals surface area contributed by atoms with Gasteiger partial charge in [0.05, 0.1) is 23.4 Å². The van der Waals surface area contributed by atoms with Crippen LogP contribution in [0.2, 0.25) is 5.02 Å². The number of aromatic nitrogens is 2. The summed E-state index contributed by atoms with van der Waals surface area (Å²) in [4.78, 5) is 8.82. The number of halogens is 1. The van der Waals surface area contributed by atoms with Crippen LogP contribution >= 0.6 is 11.6 Å². The molecule has 0 spiro atoms. The normalized spacial score (nSPS) is 11.3. The van der Waals surface area contributed by atoms with Gasteiger partial charge in [0.2, 0.25) is 0 Å². The van der Waals surface area contributed by atoms with Crippen molar-refractivity contribution in [2.24, 2.45) is 0 Å². The molecule has 0 saturated heterocycles. The van der Waals surface area contributed by atoms with E-state index in [-0.39, 0.29) is 11.3 Å². The lowest BCUT2D eigenvalue weighted by Gasteiger charge is -2.27. The first-order valence-electron chi connectivity index (χ1n) is 10.1. The van der Waals surface area contributed by atoms with Crippen LogP contribution in [0, 0.1) is 11.3 Å². The molecule has 0 unspecified atom stereocenters. The largest absolute Gasteiger partial charge is 0.494 e. The summed E-state index contributed by atoms with van der Waals surface area (Å²) in [6.45, 7) is 8.70. The van der Waals surface area contributed by atoms with E-state index in [9.17, 15) is 5.26 Å². The lowest BCUT2D eigenvalue weighted by Crippen LogP contribution is -2.19. The van der Waals surface area contributed by atoms with Gasteiger partial charge in [-0.1, -0.05) is 51.4 Å². The molecule has 5 nitrogen and oxygen atoms in total. The summed E-state index contributed by atoms with van der Waals surface area (Å²) < 4.78 is 11.2. The van der Waals surface area contributed by atoms with Gasteiger partial charge >= 0.3 is 0 Å². The number of nitriles is 1. The fourth-order valence-electron chi connectivity index (χ4n) is 3.31. The second kappa shape index (κ2) is 9.36. The van der Waals surface area contributed by atoms with Gasteiger partial charge in [0.1, 0.15) is 24.3 Å². The van der Waals surface area contributed by atoms with E-state index in [1.807, 2.05) is 42.5 Å². The van der Waals surface area contributed by atoms with Crippen LogP contribution < -0.4 is 9.47 Å². The topological polar surface area (TPSA) is 68.0 Å². The first-order chi connectivity index (χ1) is 14.8. The van der Waals surface area contributed by atoms with Gasteiger partial charge in [-0.25, -0.2) is 9.97 Å². The molecule has 3 aromatic rings. The molecule has 0 aliphatic heterocycles. The smallest absolute Gasteiger partial charge is 0.155 e. The molecule has 3 rings (SSSR count). The highest BCUT2D eigenvalue weighted by Gasteiger charge is 2.26. The second-order valence-corrected chi connectivity index (χ2v) is 8.56. The van der Waals surface area contributed by atoms with Gasteiger partial charge in [0.15, 0.2) is 5.75 Å². The third-order valence-corrected chi connectivity index (χ3v) is 5.58. The zero-order valence-corrected chi connectivity index (χ0v) is 19.2. The van der Waals surface area contributed by atoms with Gasteiger partial charge < -0.3 is 9.47 Å². The van der Waals surface area contributed by atoms with Gasteiger partial charge in [-0.3, -0.25) is 0 Å². The van der Waals surface area contributed by atoms with Crippen LogP contribution in [0.4, 0.5) is 0 Å². The van der Waals surface area contributed by atoms with Crippen LogP contribution in [-0.2, 0) is 12.0 Å². The highest BCUT2D eigenvalue weighted by atomic mass is 35.5. The molecule has 2 aromatic carbocycles. The van der Waals surface area contributed by atoms with Crippen molar-refractivity contribution < 1.29 is 9.47 Å². The Hall–Kier alpha value is -3.10. The summed E-state index contributed by atoms with van der Waals surface area (Å²) in [7, 11) is 1.51. The van der Waals surface area contributed by atoms with Crippen molar-refractivity contribution in [3.8, 4) is 17.6 Å². The number of nitrogens with zero attached hydrogens (tertiary/aromatic N) is 3. The number of benzene rings is 2. The molecule has 1 aromatic heterocycles. The van der Waals surface area contributed by atoms with Gasteiger partial charge in [-0.2, -0.15) is 5.26 Å². The summed E-state index contributed by atoms with van der Waals surface area (Å²) >= 11 is 6.36. The van der Waals surface area contributed by atoms with Crippen molar-refractivity contribution in [1.29, 1.82) is 5.26 Å². The van der Waals surface area contributed by atoms with E-state index in [1.165, 1.54) is 7.11 Å². The molecule has 0 amide bonds. The predicted octanol–water partition coefficient (Wildman–Crippen LogP) is 6.04. The van der Waals surface area contributed by atoms with Gasteiger partial charge in [0, 0.05) is 17.5 Å². The predicted molar refractivity (Wildman–Crippen MR) is 122 cm³/mol. The maximum Gasteiger partial charge on any atom is 0.155 e. The van der Waals surface area contributed by atoms with Crippen LogP contribution in [0.1, 0.15) is 61.8 Å². The van der Waals surface area contributed by atoms with Crippen molar-refractivity contribution >= 4 is 11.6 Å². The average Bonchev–Trinajstić information content (AvgIpc) is 2.77. The van der Waals surface area contributed by atoms with E-state index < -0.39 is 0 Å². The fourth-order valence-corrected chi connectivity index (χ4v) is 3.60. The Morgan fingerprint density at radius 2 is 1.81 bits per heavy atom. The minimum atomic E-state index is -0.362. The molecule has 0 atom stereocenters. The highest BCUT2D eigenvalue weighted by Crippen LogP contribution is 2.38. The number of ether oxygens (including phenoxy) is 2. The summed E-state index contributed by atoms with van der Waals surface area (Å²) in [6.07, 6.45) is 1.77. The molecule has 6 heteroatoms. The molecular weight excluding hydrogens is 410 g/mol. The monoisotopic (exact) mass is 435 g/mol. The molecule has 0 saturated carbocycles. The molecule has 160 valence electrons. The molecule has 0 radical (unpaired) electrons. The Balaban J connectivity index is 1.78. The fraction of sp³-hybridized carbons (Fsp3) is 0.320. The van der Waals surface area contributed by atoms with Gasteiger partial charge in [-0.15, -0.1) is 0 Å². The van der Waals surface area contributed by atoms with Crippen molar-refractivity contribution in [1.82, 2.24) is 9.97 Å². The first kappa shape index (κ1) is 22.6. The van der Waals surface area contributed by atoms with Gasteiger partial charge in [-0.05, 0) is 41.5 Å². The van der Waals surface area contributed by atoms with E-state index >= 15 is 0 Å². The molecule has 1 heterocycles. The number of hydrogen-bond acceptors (Lipinski definition) is 5. The summed E-state index contributed by atoms with van der Waals surface area (Å²) in [5, 5.41) is 9.88. The maximum absolute atomic E-state index is 9.46. The summed E-state index contributed by atoms with van der Waals surface area (Å²) in [5.41, 5.74) is 2.92. The first-order valence-corrected chi connectivity index (χ1v) is 10.5. The van der Waals surface area contributed by atoms with E-state index in [2.05, 4.69) is 43.7 Å². The maximum atomic E-state index is 9.46. The lowest BCUT2D eigenvalue weighted by atomic mass is 9.77. The van der Waals surface area contributed by atoms with E-state index in [0.29, 0.717) is 22.9 Å². The van der Waals surface area contributed by atoms with Crippen molar-refractivity contribution in [2.75, 3.05) is 7.11 Å². The van der Waals surface area contributed by atoms with Crippen LogP contribution in [0.15, 0.2) is 48.7 Å². The Bertz CT molecular complexity index is 1100. The lowest BCUT2D eigenvalue weighted by molar-refractivity contribution is 0.300. The van der Waals surface area contributed by atoms with Crippen LogP contribution in [-0.4, -0.2) is 17.1 Å². The van der Waals surface area contributed by atoms with E-state index in [4.69, 9.17) is 21.1 Å². The third-order valence-electron chi connectivity index (χ3n) is 5.30. The molecule has 0 bridgehead atoms. The zero-order valence-electron chi connectivity index (χ0n) is 18.4. The van der Waals surface area contributed by atoms with Gasteiger partial charge in [0.25, 0.3) is 0 Å². The Morgan fingerprint density at radius 1 is 1.10 bits per heavy atom. The average molecular weight is 436 g/mol. The SMILES string of the molecule is COc1c(Cl)cc(C(C)(C)c2ccc(OCc3ccnc(C(C)C)n3)cc2)cc1C#N.